The van der Waals surface area contributed by atoms with Gasteiger partial charge in [-0.2, -0.15) is 17.4 Å². The molecule has 1 saturated carbocycles. The molecule has 5 nitrogen and oxygen atoms in total. The van der Waals surface area contributed by atoms with Gasteiger partial charge in [0.15, 0.2) is 0 Å². The minimum absolute atomic E-state index is 0.0940. The molecule has 112 valence electrons. The molecule has 1 aliphatic carbocycles. The van der Waals surface area contributed by atoms with E-state index in [4.69, 9.17) is 0 Å². The van der Waals surface area contributed by atoms with Crippen molar-refractivity contribution in [1.29, 1.82) is 0 Å². The average molecular weight is 289 g/mol. The first-order valence-electron chi connectivity index (χ1n) is 7.57. The maximum absolute atomic E-state index is 12.4. The lowest BCUT2D eigenvalue weighted by atomic mass is 9.99. The lowest BCUT2D eigenvalue weighted by molar-refractivity contribution is 0.206. The van der Waals surface area contributed by atoms with Gasteiger partial charge in [0.2, 0.25) is 0 Å². The van der Waals surface area contributed by atoms with Crippen LogP contribution < -0.4 is 10.0 Å². The summed E-state index contributed by atoms with van der Waals surface area (Å²) in [4.78, 5) is 0. The fraction of sp³-hybridized carbons (Fsp3) is 1.00. The molecule has 1 heterocycles. The van der Waals surface area contributed by atoms with Crippen LogP contribution in [0.2, 0.25) is 0 Å². The van der Waals surface area contributed by atoms with E-state index < -0.39 is 10.2 Å². The summed E-state index contributed by atoms with van der Waals surface area (Å²) in [6.45, 7) is 5.83. The van der Waals surface area contributed by atoms with E-state index in [9.17, 15) is 8.42 Å². The molecule has 2 N–H and O–H groups in total. The van der Waals surface area contributed by atoms with Crippen molar-refractivity contribution in [1.82, 2.24) is 14.3 Å². The molecule has 1 saturated heterocycles. The predicted octanol–water partition coefficient (Wildman–Crippen LogP) is 1.23. The van der Waals surface area contributed by atoms with E-state index in [1.807, 2.05) is 0 Å². The second-order valence-electron chi connectivity index (χ2n) is 5.81. The van der Waals surface area contributed by atoms with E-state index in [0.717, 1.165) is 45.1 Å². The molecule has 2 unspecified atom stereocenters. The maximum Gasteiger partial charge on any atom is 0.280 e. The molecule has 2 rings (SSSR count). The topological polar surface area (TPSA) is 61.4 Å². The Balaban J connectivity index is 2.01. The second-order valence-corrected chi connectivity index (χ2v) is 7.47. The van der Waals surface area contributed by atoms with Crippen LogP contribution in [-0.2, 0) is 10.2 Å². The number of nitrogens with one attached hydrogen (secondary N) is 2. The molecule has 0 amide bonds. The minimum Gasteiger partial charge on any atom is -0.313 e. The Morgan fingerprint density at radius 2 is 2.00 bits per heavy atom. The van der Waals surface area contributed by atoms with Crippen LogP contribution in [0.25, 0.3) is 0 Å². The SMILES string of the molecule is CCCNC(C)C1CCCCN1S(=O)(=O)NC1CC1. The molecule has 2 aliphatic rings. The molecule has 0 radical (unpaired) electrons. The lowest BCUT2D eigenvalue weighted by Gasteiger charge is -2.38. The monoisotopic (exact) mass is 289 g/mol. The summed E-state index contributed by atoms with van der Waals surface area (Å²) >= 11 is 0. The fourth-order valence-electron chi connectivity index (χ4n) is 2.72. The van der Waals surface area contributed by atoms with Gasteiger partial charge < -0.3 is 5.32 Å². The van der Waals surface area contributed by atoms with Gasteiger partial charge >= 0.3 is 0 Å². The summed E-state index contributed by atoms with van der Waals surface area (Å²) in [6, 6.07) is 0.499. The summed E-state index contributed by atoms with van der Waals surface area (Å²) in [5.74, 6) is 0. The van der Waals surface area contributed by atoms with Gasteiger partial charge in [0.1, 0.15) is 0 Å². The van der Waals surface area contributed by atoms with Crippen molar-refractivity contribution in [2.24, 2.45) is 0 Å². The molecule has 19 heavy (non-hydrogen) atoms. The van der Waals surface area contributed by atoms with Crippen molar-refractivity contribution >= 4 is 10.2 Å². The van der Waals surface area contributed by atoms with Gasteiger partial charge in [-0.15, -0.1) is 0 Å². The van der Waals surface area contributed by atoms with Gasteiger partial charge in [0.05, 0.1) is 0 Å². The fourth-order valence-corrected chi connectivity index (χ4v) is 4.52. The van der Waals surface area contributed by atoms with Crippen molar-refractivity contribution in [3.05, 3.63) is 0 Å². The van der Waals surface area contributed by atoms with Crippen LogP contribution in [-0.4, -0.2) is 43.9 Å². The predicted molar refractivity (Wildman–Crippen MR) is 77.2 cm³/mol. The highest BCUT2D eigenvalue weighted by molar-refractivity contribution is 7.87. The Kier molecular flexibility index (Phi) is 5.22. The van der Waals surface area contributed by atoms with E-state index in [1.165, 1.54) is 0 Å². The van der Waals surface area contributed by atoms with E-state index in [-0.39, 0.29) is 18.1 Å². The zero-order valence-corrected chi connectivity index (χ0v) is 12.9. The largest absolute Gasteiger partial charge is 0.313 e. The molecule has 0 spiro atoms. The van der Waals surface area contributed by atoms with Crippen LogP contribution >= 0.6 is 0 Å². The number of piperidine rings is 1. The van der Waals surface area contributed by atoms with Gasteiger partial charge in [-0.05, 0) is 45.6 Å². The number of rotatable bonds is 7. The molecular formula is C13H27N3O2S. The standard InChI is InChI=1S/C13H27N3O2S/c1-3-9-14-11(2)13-6-4-5-10-16(13)19(17,18)15-12-7-8-12/h11-15H,3-10H2,1-2H3. The van der Waals surface area contributed by atoms with Crippen LogP contribution in [0.1, 0.15) is 52.4 Å². The van der Waals surface area contributed by atoms with E-state index in [1.54, 1.807) is 4.31 Å². The maximum atomic E-state index is 12.4. The first-order valence-corrected chi connectivity index (χ1v) is 9.01. The molecular weight excluding hydrogens is 262 g/mol. The Morgan fingerprint density at radius 1 is 1.26 bits per heavy atom. The second kappa shape index (κ2) is 6.52. The quantitative estimate of drug-likeness (QED) is 0.741. The van der Waals surface area contributed by atoms with Gasteiger partial charge in [-0.1, -0.05) is 13.3 Å². The van der Waals surface area contributed by atoms with Crippen molar-refractivity contribution in [3.63, 3.8) is 0 Å². The van der Waals surface area contributed by atoms with Crippen molar-refractivity contribution in [2.75, 3.05) is 13.1 Å². The third-order valence-corrected chi connectivity index (χ3v) is 5.70. The average Bonchev–Trinajstić information content (AvgIpc) is 3.19. The molecule has 1 aliphatic heterocycles. The van der Waals surface area contributed by atoms with Gasteiger partial charge in [-0.3, -0.25) is 0 Å². The third kappa shape index (κ3) is 4.15. The Hall–Kier alpha value is -0.170. The minimum atomic E-state index is -3.30. The Morgan fingerprint density at radius 3 is 2.63 bits per heavy atom. The van der Waals surface area contributed by atoms with Gasteiger partial charge in [0.25, 0.3) is 10.2 Å². The summed E-state index contributed by atoms with van der Waals surface area (Å²) < 4.78 is 29.3. The van der Waals surface area contributed by atoms with E-state index in [2.05, 4.69) is 23.9 Å². The molecule has 6 heteroatoms. The van der Waals surface area contributed by atoms with Crippen molar-refractivity contribution in [3.8, 4) is 0 Å². The molecule has 0 aromatic carbocycles. The molecule has 2 fully saturated rings. The summed E-state index contributed by atoms with van der Waals surface area (Å²) in [5, 5.41) is 3.44. The normalized spacial score (nSPS) is 27.4. The number of nitrogens with zero attached hydrogens (tertiary/aromatic N) is 1. The summed E-state index contributed by atoms with van der Waals surface area (Å²) in [6.07, 6.45) is 6.11. The summed E-state index contributed by atoms with van der Waals surface area (Å²) in [5.41, 5.74) is 0. The first-order chi connectivity index (χ1) is 9.04. The Bertz CT molecular complexity index is 381. The molecule has 2 atom stereocenters. The highest BCUT2D eigenvalue weighted by Gasteiger charge is 2.38. The van der Waals surface area contributed by atoms with E-state index >= 15 is 0 Å². The lowest BCUT2D eigenvalue weighted by Crippen LogP contribution is -2.56. The van der Waals surface area contributed by atoms with Crippen molar-refractivity contribution in [2.45, 2.75) is 70.5 Å². The highest BCUT2D eigenvalue weighted by atomic mass is 32.2. The highest BCUT2D eigenvalue weighted by Crippen LogP contribution is 2.26. The van der Waals surface area contributed by atoms with Crippen molar-refractivity contribution < 1.29 is 8.42 Å². The van der Waals surface area contributed by atoms with Crippen LogP contribution in [0, 0.1) is 0 Å². The third-order valence-electron chi connectivity index (χ3n) is 3.99. The first kappa shape index (κ1) is 15.2. The smallest absolute Gasteiger partial charge is 0.280 e. The Labute approximate surface area is 117 Å². The van der Waals surface area contributed by atoms with Crippen LogP contribution in [0.3, 0.4) is 0 Å². The van der Waals surface area contributed by atoms with Crippen LogP contribution in [0.5, 0.6) is 0 Å². The number of hydrogen-bond donors (Lipinski definition) is 2. The zero-order chi connectivity index (χ0) is 13.9. The van der Waals surface area contributed by atoms with Gasteiger partial charge in [0, 0.05) is 24.7 Å². The van der Waals surface area contributed by atoms with Crippen LogP contribution in [0.4, 0.5) is 0 Å². The zero-order valence-electron chi connectivity index (χ0n) is 12.1. The van der Waals surface area contributed by atoms with E-state index in [0.29, 0.717) is 6.54 Å². The molecule has 0 aromatic rings. The van der Waals surface area contributed by atoms with Crippen LogP contribution in [0.15, 0.2) is 0 Å². The number of hydrogen-bond acceptors (Lipinski definition) is 3. The molecule has 0 bridgehead atoms. The summed E-state index contributed by atoms with van der Waals surface area (Å²) in [7, 11) is -3.30. The molecule has 0 aromatic heterocycles. The van der Waals surface area contributed by atoms with Gasteiger partial charge in [-0.25, -0.2) is 0 Å².